The summed E-state index contributed by atoms with van der Waals surface area (Å²) in [6, 6.07) is 16.5. The third-order valence-electron chi connectivity index (χ3n) is 5.95. The zero-order chi connectivity index (χ0) is 26.2. The third kappa shape index (κ3) is 4.94. The first kappa shape index (κ1) is 24.9. The maximum absolute atomic E-state index is 13.0. The lowest BCUT2D eigenvalue weighted by Gasteiger charge is -2.20. The Labute approximate surface area is 213 Å². The van der Waals surface area contributed by atoms with Crippen molar-refractivity contribution in [2.75, 3.05) is 6.61 Å². The highest BCUT2D eigenvalue weighted by Crippen LogP contribution is 2.41. The van der Waals surface area contributed by atoms with E-state index >= 15 is 0 Å². The molecule has 10 heteroatoms. The van der Waals surface area contributed by atoms with E-state index in [2.05, 4.69) is 15.1 Å². The smallest absolute Gasteiger partial charge is 0.368 e. The Bertz CT molecular complexity index is 1600. The van der Waals surface area contributed by atoms with Gasteiger partial charge in [-0.15, -0.1) is 11.3 Å². The van der Waals surface area contributed by atoms with Crippen LogP contribution in [0.5, 0.6) is 0 Å². The van der Waals surface area contributed by atoms with Crippen LogP contribution in [0.4, 0.5) is 13.2 Å². The van der Waals surface area contributed by atoms with Crippen LogP contribution in [0.15, 0.2) is 70.0 Å². The summed E-state index contributed by atoms with van der Waals surface area (Å²) in [5.41, 5.74) is 2.27. The van der Waals surface area contributed by atoms with Gasteiger partial charge >= 0.3 is 11.9 Å². The molecule has 3 aromatic carbocycles. The molecular formula is C27H22F3N3O3S. The van der Waals surface area contributed by atoms with Crippen molar-refractivity contribution >= 4 is 22.1 Å². The number of aryl methyl sites for hydroxylation is 1. The van der Waals surface area contributed by atoms with Gasteiger partial charge in [-0.05, 0) is 41.8 Å². The predicted molar refractivity (Wildman–Crippen MR) is 135 cm³/mol. The molecule has 0 amide bonds. The molecule has 0 fully saturated rings. The van der Waals surface area contributed by atoms with E-state index < -0.39 is 23.6 Å². The minimum atomic E-state index is -4.40. The minimum Gasteiger partial charge on any atom is -0.368 e. The Morgan fingerprint density at radius 1 is 1.05 bits per heavy atom. The topological polar surface area (TPSA) is 81.0 Å². The van der Waals surface area contributed by atoms with Crippen LogP contribution in [-0.4, -0.2) is 21.7 Å². The van der Waals surface area contributed by atoms with Crippen LogP contribution in [-0.2, 0) is 10.9 Å². The number of aromatic amines is 1. The van der Waals surface area contributed by atoms with Crippen molar-refractivity contribution in [1.82, 2.24) is 15.1 Å². The number of fused-ring (bicyclic) bond motifs is 1. The van der Waals surface area contributed by atoms with Gasteiger partial charge < -0.3 is 4.74 Å². The molecule has 0 radical (unpaired) electrons. The molecule has 37 heavy (non-hydrogen) atoms. The average molecular weight is 526 g/mol. The number of ether oxygens (including phenoxy) is 1. The molecule has 2 heterocycles. The molecule has 0 spiro atoms. The van der Waals surface area contributed by atoms with Crippen LogP contribution in [0.25, 0.3) is 32.7 Å². The molecule has 0 saturated carbocycles. The largest absolute Gasteiger partial charge is 0.439 e. The highest BCUT2D eigenvalue weighted by molar-refractivity contribution is 7.15. The zero-order valence-electron chi connectivity index (χ0n) is 19.9. The number of nitrogens with one attached hydrogen (secondary N) is 1. The van der Waals surface area contributed by atoms with Crippen LogP contribution < -0.4 is 5.76 Å². The monoisotopic (exact) mass is 525 g/mol. The van der Waals surface area contributed by atoms with Gasteiger partial charge in [0.15, 0.2) is 5.82 Å². The number of aromatic nitrogens is 3. The van der Waals surface area contributed by atoms with Gasteiger partial charge in [0.1, 0.15) is 11.1 Å². The molecule has 0 aliphatic carbocycles. The maximum Gasteiger partial charge on any atom is 0.439 e. The van der Waals surface area contributed by atoms with Gasteiger partial charge in [-0.25, -0.2) is 9.78 Å². The molecule has 2 aromatic heterocycles. The van der Waals surface area contributed by atoms with Crippen molar-refractivity contribution in [3.05, 3.63) is 92.9 Å². The highest BCUT2D eigenvalue weighted by atomic mass is 32.1. The van der Waals surface area contributed by atoms with Crippen molar-refractivity contribution < 1.29 is 22.4 Å². The second-order valence-corrected chi connectivity index (χ2v) is 9.52. The van der Waals surface area contributed by atoms with Crippen molar-refractivity contribution in [2.24, 2.45) is 0 Å². The minimum absolute atomic E-state index is 0.331. The number of hydrogen-bond acceptors (Lipinski definition) is 6. The summed E-state index contributed by atoms with van der Waals surface area (Å²) in [4.78, 5) is 19.7. The molecule has 5 aromatic rings. The Balaban J connectivity index is 1.60. The molecule has 6 nitrogen and oxygen atoms in total. The predicted octanol–water partition coefficient (Wildman–Crippen LogP) is 7.15. The number of alkyl halides is 3. The van der Waals surface area contributed by atoms with Crippen LogP contribution in [0.2, 0.25) is 0 Å². The van der Waals surface area contributed by atoms with E-state index in [1.165, 1.54) is 23.5 Å². The molecule has 0 aliphatic rings. The summed E-state index contributed by atoms with van der Waals surface area (Å²) in [6.07, 6.45) is -4.04. The molecule has 190 valence electrons. The lowest BCUT2D eigenvalue weighted by atomic mass is 9.95. The summed E-state index contributed by atoms with van der Waals surface area (Å²) in [6.45, 7) is 4.40. The standard InChI is InChI=1S/C27H22F3N3O3S/c1-3-14-35-22(23-15(2)31-25(37-23)16-8-10-17(11-9-16)27(28,29)30)20-12-13-21(24-32-26(34)36-33-24)19-7-5-4-6-18(19)20/h4-13,22H,3,14H2,1-2H3,(H,32,33,34). The van der Waals surface area contributed by atoms with Gasteiger partial charge in [0.25, 0.3) is 0 Å². The lowest BCUT2D eigenvalue weighted by Crippen LogP contribution is -2.08. The van der Waals surface area contributed by atoms with Crippen molar-refractivity contribution in [3.8, 4) is 22.0 Å². The second-order valence-electron chi connectivity index (χ2n) is 8.49. The fourth-order valence-electron chi connectivity index (χ4n) is 4.22. The van der Waals surface area contributed by atoms with Crippen LogP contribution in [0.3, 0.4) is 0 Å². The van der Waals surface area contributed by atoms with Crippen molar-refractivity contribution in [3.63, 3.8) is 0 Å². The molecule has 0 saturated heterocycles. The first-order chi connectivity index (χ1) is 17.8. The molecule has 1 atom stereocenters. The first-order valence-electron chi connectivity index (χ1n) is 11.6. The average Bonchev–Trinajstić information content (AvgIpc) is 3.49. The highest BCUT2D eigenvalue weighted by Gasteiger charge is 2.30. The van der Waals surface area contributed by atoms with E-state index in [-0.39, 0.29) is 0 Å². The maximum atomic E-state index is 13.0. The van der Waals surface area contributed by atoms with E-state index in [4.69, 9.17) is 9.26 Å². The van der Waals surface area contributed by atoms with Gasteiger partial charge in [-0.2, -0.15) is 13.2 Å². The number of nitrogens with zero attached hydrogens (tertiary/aromatic N) is 2. The Morgan fingerprint density at radius 3 is 2.43 bits per heavy atom. The van der Waals surface area contributed by atoms with Crippen molar-refractivity contribution in [2.45, 2.75) is 32.5 Å². The second kappa shape index (κ2) is 9.95. The summed E-state index contributed by atoms with van der Waals surface area (Å²) in [5.74, 6) is -0.305. The van der Waals surface area contributed by atoms with Crippen molar-refractivity contribution in [1.29, 1.82) is 0 Å². The molecule has 0 bridgehead atoms. The molecule has 5 rings (SSSR count). The van der Waals surface area contributed by atoms with E-state index in [1.807, 2.05) is 50.2 Å². The van der Waals surface area contributed by atoms with Crippen LogP contribution in [0.1, 0.15) is 41.1 Å². The number of rotatable bonds is 7. The van der Waals surface area contributed by atoms with E-state index in [1.54, 1.807) is 0 Å². The SMILES string of the molecule is CCCOC(c1sc(-c2ccc(C(F)(F)F)cc2)nc1C)c1ccc(-c2noc(=O)[nH]2)c2ccccc12. The van der Waals surface area contributed by atoms with Gasteiger partial charge in [0, 0.05) is 17.7 Å². The van der Waals surface area contributed by atoms with Gasteiger partial charge in [0.2, 0.25) is 0 Å². The van der Waals surface area contributed by atoms with Gasteiger partial charge in [-0.1, -0.05) is 60.6 Å². The molecule has 0 aliphatic heterocycles. The lowest BCUT2D eigenvalue weighted by molar-refractivity contribution is -0.137. The summed E-state index contributed by atoms with van der Waals surface area (Å²) in [5, 5.41) is 6.23. The van der Waals surface area contributed by atoms with Crippen LogP contribution in [0, 0.1) is 6.92 Å². The number of benzene rings is 3. The van der Waals surface area contributed by atoms with E-state index in [0.29, 0.717) is 28.6 Å². The fourth-order valence-corrected chi connectivity index (χ4v) is 5.36. The fraction of sp³-hybridized carbons (Fsp3) is 0.222. The van der Waals surface area contributed by atoms with E-state index in [0.717, 1.165) is 45.5 Å². The molecular weight excluding hydrogens is 503 g/mol. The summed E-state index contributed by atoms with van der Waals surface area (Å²) >= 11 is 1.40. The number of hydrogen-bond donors (Lipinski definition) is 1. The zero-order valence-corrected chi connectivity index (χ0v) is 20.7. The van der Waals surface area contributed by atoms with Gasteiger partial charge in [-0.3, -0.25) is 9.51 Å². The first-order valence-corrected chi connectivity index (χ1v) is 12.4. The number of H-pyrrole nitrogens is 1. The number of halogens is 3. The number of thiazole rings is 1. The Kier molecular flexibility index (Phi) is 6.70. The Hall–Kier alpha value is -3.76. The molecule has 1 N–H and O–H groups in total. The Morgan fingerprint density at radius 2 is 1.78 bits per heavy atom. The molecule has 1 unspecified atom stereocenters. The van der Waals surface area contributed by atoms with E-state index in [9.17, 15) is 18.0 Å². The summed E-state index contributed by atoms with van der Waals surface area (Å²) < 4.78 is 50.1. The normalized spacial score (nSPS) is 12.8. The van der Waals surface area contributed by atoms with Crippen LogP contribution >= 0.6 is 11.3 Å². The van der Waals surface area contributed by atoms with Gasteiger partial charge in [0.05, 0.1) is 16.1 Å². The quantitative estimate of drug-likeness (QED) is 0.244. The summed E-state index contributed by atoms with van der Waals surface area (Å²) in [7, 11) is 0. The third-order valence-corrected chi connectivity index (χ3v) is 7.20.